The maximum atomic E-state index is 14.1. The third kappa shape index (κ3) is 4.02. The molecule has 41 heavy (non-hydrogen) atoms. The second-order valence-corrected chi connectivity index (χ2v) is 11.4. The van der Waals surface area contributed by atoms with Crippen LogP contribution in [-0.4, -0.2) is 120 Å². The van der Waals surface area contributed by atoms with Gasteiger partial charge in [-0.2, -0.15) is 0 Å². The number of amides is 2. The number of phenolic OH excluding ortho intramolecular Hbond substituents is 1. The number of carbonyl (C=O) groups is 4. The first-order chi connectivity index (χ1) is 19.2. The number of likely N-dealkylation sites (N-methyl/N-ethyl adjacent to an activating group) is 1. The molecule has 13 heteroatoms. The van der Waals surface area contributed by atoms with Crippen LogP contribution in [0.2, 0.25) is 0 Å². The van der Waals surface area contributed by atoms with E-state index in [-0.39, 0.29) is 29.5 Å². The Morgan fingerprint density at radius 3 is 2.29 bits per heavy atom. The van der Waals surface area contributed by atoms with Crippen molar-refractivity contribution >= 4 is 29.1 Å². The van der Waals surface area contributed by atoms with Crippen LogP contribution in [0.4, 0.5) is 5.69 Å². The van der Waals surface area contributed by atoms with Crippen LogP contribution in [0.15, 0.2) is 28.7 Å². The Morgan fingerprint density at radius 2 is 1.73 bits per heavy atom. The van der Waals surface area contributed by atoms with Crippen LogP contribution >= 0.6 is 0 Å². The molecular weight excluding hydrogens is 536 g/mol. The normalized spacial score (nSPS) is 28.0. The molecule has 4 aliphatic rings. The van der Waals surface area contributed by atoms with E-state index < -0.39 is 69.7 Å². The van der Waals surface area contributed by atoms with E-state index >= 15 is 0 Å². The van der Waals surface area contributed by atoms with Crippen LogP contribution in [0.5, 0.6) is 5.75 Å². The van der Waals surface area contributed by atoms with Gasteiger partial charge in [-0.15, -0.1) is 0 Å². The highest BCUT2D eigenvalue weighted by Crippen LogP contribution is 2.53. The number of ketones is 2. The maximum absolute atomic E-state index is 14.1. The molecule has 0 spiro atoms. The molecule has 5 rings (SSSR count). The number of carbonyl (C=O) groups excluding carboxylic acids is 4. The molecule has 1 aromatic rings. The van der Waals surface area contributed by atoms with Crippen molar-refractivity contribution in [2.24, 2.45) is 17.6 Å². The number of primary amides is 1. The molecule has 13 nitrogen and oxygen atoms in total. The highest BCUT2D eigenvalue weighted by atomic mass is 16.5. The van der Waals surface area contributed by atoms with Crippen molar-refractivity contribution in [3.8, 4) is 5.75 Å². The van der Waals surface area contributed by atoms with Gasteiger partial charge in [-0.1, -0.05) is 0 Å². The molecule has 1 aliphatic heterocycles. The van der Waals surface area contributed by atoms with E-state index in [0.717, 1.165) is 0 Å². The summed E-state index contributed by atoms with van der Waals surface area (Å²) >= 11 is 0. The number of anilines is 1. The number of benzene rings is 1. The summed E-state index contributed by atoms with van der Waals surface area (Å²) in [5.41, 5.74) is 2.17. The number of phenols is 1. The second-order valence-electron chi connectivity index (χ2n) is 11.4. The predicted octanol–water partition coefficient (Wildman–Crippen LogP) is -0.341. The highest BCUT2D eigenvalue weighted by molar-refractivity contribution is 6.25. The average molecular weight is 571 g/mol. The van der Waals surface area contributed by atoms with Crippen LogP contribution in [0.25, 0.3) is 0 Å². The molecule has 0 aromatic heterocycles. The maximum Gasteiger partial charge on any atom is 0.257 e. The minimum atomic E-state index is -2.73. The Morgan fingerprint density at radius 1 is 1.10 bits per heavy atom. The fourth-order valence-electron chi connectivity index (χ4n) is 6.80. The van der Waals surface area contributed by atoms with Gasteiger partial charge in [-0.3, -0.25) is 24.1 Å². The number of hydrogen-bond acceptors (Lipinski definition) is 11. The lowest BCUT2D eigenvalue weighted by molar-refractivity contribution is -0.148. The number of aliphatic hydroxyl groups is 3. The van der Waals surface area contributed by atoms with Crippen molar-refractivity contribution in [1.29, 1.82) is 0 Å². The summed E-state index contributed by atoms with van der Waals surface area (Å²) in [4.78, 5) is 57.9. The summed E-state index contributed by atoms with van der Waals surface area (Å²) in [6, 6.07) is 0.462. The fourth-order valence-corrected chi connectivity index (χ4v) is 6.80. The molecule has 1 heterocycles. The Kier molecular flexibility index (Phi) is 6.87. The van der Waals surface area contributed by atoms with Crippen molar-refractivity contribution in [3.05, 3.63) is 45.4 Å². The minimum absolute atomic E-state index is 0.0200. The van der Waals surface area contributed by atoms with Crippen molar-refractivity contribution in [2.75, 3.05) is 59.4 Å². The molecular formula is C28H34N4O9. The van der Waals surface area contributed by atoms with E-state index in [9.17, 15) is 39.6 Å². The van der Waals surface area contributed by atoms with Crippen LogP contribution in [0.1, 0.15) is 32.7 Å². The molecule has 4 atom stereocenters. The predicted molar refractivity (Wildman–Crippen MR) is 145 cm³/mol. The van der Waals surface area contributed by atoms with Gasteiger partial charge in [0.05, 0.1) is 30.4 Å². The first-order valence-electron chi connectivity index (χ1n) is 13.3. The lowest BCUT2D eigenvalue weighted by Crippen LogP contribution is -2.63. The van der Waals surface area contributed by atoms with E-state index in [2.05, 4.69) is 0 Å². The largest absolute Gasteiger partial charge is 0.510 e. The van der Waals surface area contributed by atoms with Crippen molar-refractivity contribution in [3.63, 3.8) is 0 Å². The number of nitrogens with zero attached hydrogens (tertiary/aromatic N) is 3. The molecule has 6 N–H and O–H groups in total. The van der Waals surface area contributed by atoms with E-state index in [0.29, 0.717) is 37.6 Å². The Balaban J connectivity index is 1.70. The number of aliphatic hydroxyl groups excluding tert-OH is 2. The van der Waals surface area contributed by atoms with E-state index in [1.165, 1.54) is 15.9 Å². The summed E-state index contributed by atoms with van der Waals surface area (Å²) in [5.74, 6) is -7.88. The zero-order chi connectivity index (χ0) is 30.1. The third-order valence-electron chi connectivity index (χ3n) is 8.71. The summed E-state index contributed by atoms with van der Waals surface area (Å²) in [7, 11) is 6.61. The summed E-state index contributed by atoms with van der Waals surface area (Å²) in [6.07, 6.45) is 0.107. The summed E-state index contributed by atoms with van der Waals surface area (Å²) < 4.78 is 5.31. The van der Waals surface area contributed by atoms with Gasteiger partial charge in [-0.05, 0) is 44.5 Å². The molecule has 4 unspecified atom stereocenters. The molecule has 1 fully saturated rings. The Bertz CT molecular complexity index is 1440. The molecule has 0 radical (unpaired) electrons. The van der Waals surface area contributed by atoms with Gasteiger partial charge in [0.15, 0.2) is 11.4 Å². The number of fused-ring (bicyclic) bond motifs is 3. The van der Waals surface area contributed by atoms with E-state index in [1.54, 1.807) is 33.1 Å². The molecule has 1 aromatic carbocycles. The van der Waals surface area contributed by atoms with Gasteiger partial charge >= 0.3 is 0 Å². The quantitative estimate of drug-likeness (QED) is 0.297. The molecule has 1 saturated heterocycles. The van der Waals surface area contributed by atoms with Gasteiger partial charge in [0.2, 0.25) is 5.78 Å². The Hall–Kier alpha value is -3.94. The zero-order valence-corrected chi connectivity index (χ0v) is 23.3. The number of allylic oxidation sites excluding steroid dienone is 1. The zero-order valence-electron chi connectivity index (χ0n) is 23.3. The Labute approximate surface area is 236 Å². The number of Topliss-reactive ketones (excluding diaryl/α,β-unsaturated/α-hetero) is 2. The lowest BCUT2D eigenvalue weighted by atomic mass is 9.58. The summed E-state index contributed by atoms with van der Waals surface area (Å²) in [6.45, 7) is 1.28. The van der Waals surface area contributed by atoms with Gasteiger partial charge in [0.1, 0.15) is 22.8 Å². The van der Waals surface area contributed by atoms with Crippen LogP contribution in [0.3, 0.4) is 0 Å². The first kappa shape index (κ1) is 28.6. The number of ether oxygens (including phenoxy) is 1. The monoisotopic (exact) mass is 570 g/mol. The third-order valence-corrected chi connectivity index (χ3v) is 8.71. The topological polar surface area (TPSA) is 194 Å². The van der Waals surface area contributed by atoms with Gasteiger partial charge in [0, 0.05) is 44.4 Å². The number of hydrogen-bond donors (Lipinski definition) is 5. The van der Waals surface area contributed by atoms with Crippen LogP contribution in [0, 0.1) is 11.8 Å². The summed E-state index contributed by atoms with van der Waals surface area (Å²) in [5, 5.41) is 45.5. The van der Waals surface area contributed by atoms with E-state index in [1.807, 2.05) is 0 Å². The van der Waals surface area contributed by atoms with Gasteiger partial charge in [-0.25, -0.2) is 0 Å². The number of rotatable bonds is 4. The standard InChI is InChI=1S/C28H34N4O9/c1-30(2)16-11-14(27(39)32-5-7-41-8-6-32)21(33)18-13(16)9-12-10-15-20(31(3)4)23(35)19(26(29)38)25(37)28(15,40)24(36)17(12)22(18)34/h11-12,15,20,33,35-36,40H,5-10H2,1-4H3,(H2,29,38). The molecule has 2 amide bonds. The highest BCUT2D eigenvalue weighted by Gasteiger charge is 2.63. The second kappa shape index (κ2) is 9.86. The molecule has 3 aliphatic carbocycles. The first-order valence-corrected chi connectivity index (χ1v) is 13.3. The van der Waals surface area contributed by atoms with Crippen LogP contribution in [-0.2, 0) is 20.7 Å². The van der Waals surface area contributed by atoms with Crippen molar-refractivity contribution in [1.82, 2.24) is 9.80 Å². The SMILES string of the molecule is CN(C)c1cc(C(=O)N2CCOCC2)c(O)c2c1CC1CC3C(N(C)C)C(O)=C(C(N)=O)C(=O)C3(O)C(O)=C1C2=O. The van der Waals surface area contributed by atoms with Gasteiger partial charge in [0.25, 0.3) is 11.8 Å². The van der Waals surface area contributed by atoms with Crippen molar-refractivity contribution in [2.45, 2.75) is 24.5 Å². The lowest BCUT2D eigenvalue weighted by Gasteiger charge is -2.50. The number of morpholine rings is 1. The number of aromatic hydroxyl groups is 1. The fraction of sp³-hybridized carbons (Fsp3) is 0.500. The van der Waals surface area contributed by atoms with E-state index in [4.69, 9.17) is 10.5 Å². The number of nitrogens with two attached hydrogens (primary N) is 1. The molecule has 0 saturated carbocycles. The van der Waals surface area contributed by atoms with Crippen LogP contribution < -0.4 is 10.6 Å². The smallest absolute Gasteiger partial charge is 0.257 e. The molecule has 220 valence electrons. The average Bonchev–Trinajstić information content (AvgIpc) is 2.90. The minimum Gasteiger partial charge on any atom is -0.510 e. The van der Waals surface area contributed by atoms with Crippen molar-refractivity contribution < 1.29 is 44.3 Å². The molecule has 0 bridgehead atoms. The van der Waals surface area contributed by atoms with Gasteiger partial charge < -0.3 is 40.7 Å².